The van der Waals surface area contributed by atoms with Crippen LogP contribution >= 0.6 is 0 Å². The molecule has 4 heteroatoms. The highest BCUT2D eigenvalue weighted by Crippen LogP contribution is 2.07. The van der Waals surface area contributed by atoms with Crippen molar-refractivity contribution in [3.63, 3.8) is 0 Å². The summed E-state index contributed by atoms with van der Waals surface area (Å²) in [6.07, 6.45) is 1.11. The topological polar surface area (TPSA) is 58.2 Å². The predicted octanol–water partition coefficient (Wildman–Crippen LogP) is 0.652. The minimum atomic E-state index is -0.428. The highest BCUT2D eigenvalue weighted by atomic mass is 16.1. The maximum atomic E-state index is 11.3. The smallest absolute Gasteiger partial charge is 0.207 e. The van der Waals surface area contributed by atoms with E-state index in [0.717, 1.165) is 12.1 Å². The standard InChI is InChI=1S/C13H18N2O2/c1-10(17)13(15-9-16)7-11-3-5-12(6-4-11)8-14-2/h3-6,9,13-14H,7-8H2,1-2H3,(H,15,16)/t13-/m0/s1. The molecule has 4 nitrogen and oxygen atoms in total. The number of ketones is 1. The van der Waals surface area contributed by atoms with E-state index in [1.807, 2.05) is 31.3 Å². The van der Waals surface area contributed by atoms with Crippen molar-refractivity contribution in [3.8, 4) is 0 Å². The summed E-state index contributed by atoms with van der Waals surface area (Å²) in [5.74, 6) is -0.0311. The van der Waals surface area contributed by atoms with E-state index in [4.69, 9.17) is 0 Å². The summed E-state index contributed by atoms with van der Waals surface area (Å²) in [7, 11) is 1.90. The lowest BCUT2D eigenvalue weighted by Crippen LogP contribution is -2.36. The van der Waals surface area contributed by atoms with Gasteiger partial charge in [0.15, 0.2) is 5.78 Å². The van der Waals surface area contributed by atoms with Crippen molar-refractivity contribution < 1.29 is 9.59 Å². The Morgan fingerprint density at radius 3 is 2.35 bits per heavy atom. The molecule has 0 aliphatic heterocycles. The summed E-state index contributed by atoms with van der Waals surface area (Å²) in [6.45, 7) is 2.31. The van der Waals surface area contributed by atoms with Crippen molar-refractivity contribution in [1.29, 1.82) is 0 Å². The van der Waals surface area contributed by atoms with Gasteiger partial charge in [0.2, 0.25) is 6.41 Å². The predicted molar refractivity (Wildman–Crippen MR) is 66.6 cm³/mol. The average Bonchev–Trinajstić information content (AvgIpc) is 2.31. The van der Waals surface area contributed by atoms with Gasteiger partial charge in [-0.15, -0.1) is 0 Å². The van der Waals surface area contributed by atoms with Crippen LogP contribution in [0, 0.1) is 0 Å². The lowest BCUT2D eigenvalue weighted by Gasteiger charge is -2.12. The Morgan fingerprint density at radius 2 is 1.88 bits per heavy atom. The van der Waals surface area contributed by atoms with Gasteiger partial charge in [0.1, 0.15) is 0 Å². The lowest BCUT2D eigenvalue weighted by molar-refractivity contribution is -0.121. The van der Waals surface area contributed by atoms with E-state index in [0.29, 0.717) is 12.8 Å². The molecule has 1 atom stereocenters. The van der Waals surface area contributed by atoms with Gasteiger partial charge in [0.05, 0.1) is 6.04 Å². The Balaban J connectivity index is 2.66. The van der Waals surface area contributed by atoms with Crippen LogP contribution in [0.4, 0.5) is 0 Å². The molecule has 2 N–H and O–H groups in total. The number of carbonyl (C=O) groups excluding carboxylic acids is 2. The molecule has 0 aliphatic rings. The van der Waals surface area contributed by atoms with Gasteiger partial charge in [0.25, 0.3) is 0 Å². The fourth-order valence-electron chi connectivity index (χ4n) is 1.64. The number of carbonyl (C=O) groups is 2. The Bertz CT molecular complexity index is 374. The van der Waals surface area contributed by atoms with Crippen LogP contribution in [0.5, 0.6) is 0 Å². The Morgan fingerprint density at radius 1 is 1.29 bits per heavy atom. The van der Waals surface area contributed by atoms with Crippen molar-refractivity contribution in [2.45, 2.75) is 25.9 Å². The maximum Gasteiger partial charge on any atom is 0.207 e. The SMILES string of the molecule is CNCc1ccc(C[C@H](NC=O)C(C)=O)cc1. The normalized spacial score (nSPS) is 11.9. The molecular formula is C13H18N2O2. The molecular weight excluding hydrogens is 216 g/mol. The summed E-state index contributed by atoms with van der Waals surface area (Å²) in [4.78, 5) is 21.7. The molecule has 17 heavy (non-hydrogen) atoms. The summed E-state index contributed by atoms with van der Waals surface area (Å²) in [5, 5.41) is 5.60. The number of rotatable bonds is 7. The highest BCUT2D eigenvalue weighted by molar-refractivity contribution is 5.83. The number of nitrogens with one attached hydrogen (secondary N) is 2. The average molecular weight is 234 g/mol. The molecule has 0 radical (unpaired) electrons. The van der Waals surface area contributed by atoms with Crippen molar-refractivity contribution in [2.75, 3.05) is 7.05 Å². The minimum Gasteiger partial charge on any atom is -0.349 e. The molecule has 1 amide bonds. The quantitative estimate of drug-likeness (QED) is 0.681. The van der Waals surface area contributed by atoms with Crippen molar-refractivity contribution in [2.24, 2.45) is 0 Å². The first kappa shape index (κ1) is 13.4. The Hall–Kier alpha value is -1.68. The molecule has 0 aromatic heterocycles. The molecule has 1 aromatic rings. The van der Waals surface area contributed by atoms with Crippen LogP contribution in [0.15, 0.2) is 24.3 Å². The van der Waals surface area contributed by atoms with Crippen LogP contribution in [0.25, 0.3) is 0 Å². The van der Waals surface area contributed by atoms with Gasteiger partial charge >= 0.3 is 0 Å². The van der Waals surface area contributed by atoms with Gasteiger partial charge in [-0.25, -0.2) is 0 Å². The van der Waals surface area contributed by atoms with Crippen LogP contribution in [-0.2, 0) is 22.6 Å². The minimum absolute atomic E-state index is 0.0311. The molecule has 0 saturated heterocycles. The molecule has 0 unspecified atom stereocenters. The highest BCUT2D eigenvalue weighted by Gasteiger charge is 2.13. The number of Topliss-reactive ketones (excluding diaryl/α,β-unsaturated/α-hetero) is 1. The summed E-state index contributed by atoms with van der Waals surface area (Å²) in [5.41, 5.74) is 2.23. The second kappa shape index (κ2) is 6.81. The third-order valence-electron chi connectivity index (χ3n) is 2.60. The van der Waals surface area contributed by atoms with Gasteiger partial charge in [0, 0.05) is 6.54 Å². The molecule has 1 aromatic carbocycles. The second-order valence-corrected chi connectivity index (χ2v) is 4.00. The number of benzene rings is 1. The summed E-state index contributed by atoms with van der Waals surface area (Å²) < 4.78 is 0. The zero-order valence-corrected chi connectivity index (χ0v) is 10.2. The number of hydrogen-bond acceptors (Lipinski definition) is 3. The van der Waals surface area contributed by atoms with Crippen LogP contribution < -0.4 is 10.6 Å². The molecule has 0 spiro atoms. The third-order valence-corrected chi connectivity index (χ3v) is 2.60. The largest absolute Gasteiger partial charge is 0.349 e. The maximum absolute atomic E-state index is 11.3. The zero-order chi connectivity index (χ0) is 12.7. The fourth-order valence-corrected chi connectivity index (χ4v) is 1.64. The van der Waals surface area contributed by atoms with Crippen LogP contribution in [-0.4, -0.2) is 25.3 Å². The Kier molecular flexibility index (Phi) is 5.36. The van der Waals surface area contributed by atoms with Crippen LogP contribution in [0.2, 0.25) is 0 Å². The lowest BCUT2D eigenvalue weighted by atomic mass is 10.0. The van der Waals surface area contributed by atoms with Crippen molar-refractivity contribution in [1.82, 2.24) is 10.6 Å². The van der Waals surface area contributed by atoms with E-state index in [2.05, 4.69) is 10.6 Å². The van der Waals surface area contributed by atoms with E-state index in [9.17, 15) is 9.59 Å². The molecule has 1 rings (SSSR count). The van der Waals surface area contributed by atoms with E-state index in [1.54, 1.807) is 0 Å². The van der Waals surface area contributed by atoms with Crippen molar-refractivity contribution >= 4 is 12.2 Å². The van der Waals surface area contributed by atoms with E-state index < -0.39 is 6.04 Å². The summed E-state index contributed by atoms with van der Waals surface area (Å²) in [6, 6.07) is 7.57. The first-order valence-corrected chi connectivity index (χ1v) is 5.60. The van der Waals surface area contributed by atoms with E-state index >= 15 is 0 Å². The summed E-state index contributed by atoms with van der Waals surface area (Å²) >= 11 is 0. The van der Waals surface area contributed by atoms with Crippen LogP contribution in [0.1, 0.15) is 18.1 Å². The first-order valence-electron chi connectivity index (χ1n) is 5.60. The van der Waals surface area contributed by atoms with E-state index in [1.165, 1.54) is 12.5 Å². The Labute approximate surface area is 101 Å². The zero-order valence-electron chi connectivity index (χ0n) is 10.2. The van der Waals surface area contributed by atoms with Crippen molar-refractivity contribution in [3.05, 3.63) is 35.4 Å². The molecule has 92 valence electrons. The van der Waals surface area contributed by atoms with Gasteiger partial charge in [-0.2, -0.15) is 0 Å². The molecule has 0 bridgehead atoms. The molecule has 0 heterocycles. The molecule has 0 fully saturated rings. The number of hydrogen-bond donors (Lipinski definition) is 2. The van der Waals surface area contributed by atoms with E-state index in [-0.39, 0.29) is 5.78 Å². The number of amides is 1. The first-order chi connectivity index (χ1) is 8.17. The fraction of sp³-hybridized carbons (Fsp3) is 0.385. The monoisotopic (exact) mass is 234 g/mol. The molecule has 0 aliphatic carbocycles. The van der Waals surface area contributed by atoms with Gasteiger partial charge in [-0.3, -0.25) is 9.59 Å². The van der Waals surface area contributed by atoms with Gasteiger partial charge in [-0.1, -0.05) is 24.3 Å². The van der Waals surface area contributed by atoms with Gasteiger partial charge < -0.3 is 10.6 Å². The van der Waals surface area contributed by atoms with Crippen LogP contribution in [0.3, 0.4) is 0 Å². The molecule has 0 saturated carbocycles. The van der Waals surface area contributed by atoms with Gasteiger partial charge in [-0.05, 0) is 31.5 Å². The second-order valence-electron chi connectivity index (χ2n) is 4.00. The third kappa shape index (κ3) is 4.36.